The molecule has 0 fully saturated rings. The molecular formula is C28H36ClF3N2O7S. The number of nitrogens with zero attached hydrogens (tertiary/aromatic N) is 1. The van der Waals surface area contributed by atoms with E-state index in [0.29, 0.717) is 18.4 Å². The van der Waals surface area contributed by atoms with E-state index in [1.165, 1.54) is 26.4 Å². The number of aliphatic hydroxyl groups excluding tert-OH is 1. The van der Waals surface area contributed by atoms with E-state index in [0.717, 1.165) is 6.07 Å². The Morgan fingerprint density at radius 3 is 2.29 bits per heavy atom. The molecule has 14 heteroatoms. The van der Waals surface area contributed by atoms with Crippen molar-refractivity contribution in [3.05, 3.63) is 45.7 Å². The molecule has 2 heterocycles. The van der Waals surface area contributed by atoms with Crippen LogP contribution in [0.1, 0.15) is 74.1 Å². The monoisotopic (exact) mass is 636 g/mol. The standard InChI is InChI=1S/C28H36ClF3N2O7S/c1-25(2,3)42(38)34-26(4)15-41-23-18(26)14-22(33-24(23)29)27(37,28(30,31)32)10-9-19(36)16-12-20(39-5)17(8-7-11-35)21(13-16)40-6/h12-14,34-35,37H,7-11,15H2,1-6H3/t26-,27-,42?/m1/s1. The van der Waals surface area contributed by atoms with Gasteiger partial charge in [0.1, 0.15) is 18.1 Å². The number of hydrogen-bond donors (Lipinski definition) is 3. The summed E-state index contributed by atoms with van der Waals surface area (Å²) < 4.78 is 74.9. The van der Waals surface area contributed by atoms with Gasteiger partial charge in [0, 0.05) is 29.7 Å². The number of aromatic nitrogens is 1. The summed E-state index contributed by atoms with van der Waals surface area (Å²) in [6.45, 7) is 6.62. The predicted octanol–water partition coefficient (Wildman–Crippen LogP) is 4.75. The first-order valence-corrected chi connectivity index (χ1v) is 14.7. The molecular weight excluding hydrogens is 601 g/mol. The number of carbonyl (C=O) groups excluding carboxylic acids is 1. The molecule has 1 aromatic carbocycles. The molecule has 1 aliphatic rings. The maximum atomic E-state index is 14.5. The summed E-state index contributed by atoms with van der Waals surface area (Å²) in [4.78, 5) is 17.0. The average Bonchev–Trinajstić information content (AvgIpc) is 3.24. The third-order valence-electron chi connectivity index (χ3n) is 7.03. The Morgan fingerprint density at radius 1 is 1.19 bits per heavy atom. The first-order valence-electron chi connectivity index (χ1n) is 13.1. The number of Topliss-reactive ketones (excluding diaryl/α,β-unsaturated/α-hetero) is 1. The lowest BCUT2D eigenvalue weighted by Crippen LogP contribution is -2.47. The van der Waals surface area contributed by atoms with Crippen molar-refractivity contribution in [2.75, 3.05) is 27.4 Å². The number of benzene rings is 1. The van der Waals surface area contributed by atoms with Crippen molar-refractivity contribution in [1.29, 1.82) is 0 Å². The molecule has 234 valence electrons. The number of halogens is 4. The quantitative estimate of drug-likeness (QED) is 0.225. The van der Waals surface area contributed by atoms with Gasteiger partial charge >= 0.3 is 6.18 Å². The molecule has 0 amide bonds. The van der Waals surface area contributed by atoms with Gasteiger partial charge in [-0.05, 0) is 65.2 Å². The van der Waals surface area contributed by atoms with Crippen LogP contribution in [0.15, 0.2) is 18.2 Å². The molecule has 1 aromatic heterocycles. The van der Waals surface area contributed by atoms with Gasteiger partial charge in [0.2, 0.25) is 5.60 Å². The summed E-state index contributed by atoms with van der Waals surface area (Å²) in [5.41, 5.74) is -4.81. The lowest BCUT2D eigenvalue weighted by molar-refractivity contribution is -0.270. The van der Waals surface area contributed by atoms with Gasteiger partial charge in [0.25, 0.3) is 0 Å². The van der Waals surface area contributed by atoms with Crippen LogP contribution in [0.5, 0.6) is 17.2 Å². The van der Waals surface area contributed by atoms with Crippen molar-refractivity contribution in [3.63, 3.8) is 0 Å². The summed E-state index contributed by atoms with van der Waals surface area (Å²) in [5.74, 6) is -0.125. The molecule has 3 rings (SSSR count). The van der Waals surface area contributed by atoms with Crippen LogP contribution in [0, 0.1) is 0 Å². The summed E-state index contributed by atoms with van der Waals surface area (Å²) in [7, 11) is 1.13. The number of ketones is 1. The Hall–Kier alpha value is -2.45. The maximum Gasteiger partial charge on any atom is 0.422 e. The maximum absolute atomic E-state index is 14.5. The molecule has 0 aliphatic carbocycles. The zero-order valence-electron chi connectivity index (χ0n) is 24.3. The van der Waals surface area contributed by atoms with Crippen LogP contribution in [-0.2, 0) is 28.5 Å². The zero-order chi connectivity index (χ0) is 31.7. The molecule has 0 saturated carbocycles. The van der Waals surface area contributed by atoms with Gasteiger partial charge in [-0.15, -0.1) is 0 Å². The van der Waals surface area contributed by atoms with E-state index in [9.17, 15) is 32.4 Å². The number of fused-ring (bicyclic) bond motifs is 1. The van der Waals surface area contributed by atoms with Gasteiger partial charge in [-0.2, -0.15) is 13.2 Å². The molecule has 0 bridgehead atoms. The SMILES string of the molecule is COc1cc(C(=O)CC[C@@](O)(c2cc3c(c(Cl)n2)OC[C@@]3(C)NS(=O)C(C)(C)C)C(F)(F)F)cc(OC)c1CCCO. The topological polar surface area (TPSA) is 127 Å². The van der Waals surface area contributed by atoms with E-state index in [1.807, 2.05) is 0 Å². The minimum Gasteiger partial charge on any atom is -0.496 e. The molecule has 3 N–H and O–H groups in total. The number of methoxy groups -OCH3 is 2. The van der Waals surface area contributed by atoms with Gasteiger partial charge in [0.15, 0.2) is 16.7 Å². The molecule has 0 spiro atoms. The molecule has 2 aromatic rings. The number of pyridine rings is 1. The first-order chi connectivity index (χ1) is 19.4. The third kappa shape index (κ3) is 6.85. The molecule has 0 saturated heterocycles. The fourth-order valence-corrected chi connectivity index (χ4v) is 5.63. The highest BCUT2D eigenvalue weighted by Gasteiger charge is 2.57. The summed E-state index contributed by atoms with van der Waals surface area (Å²) in [6, 6.07) is 3.80. The van der Waals surface area contributed by atoms with E-state index in [1.54, 1.807) is 27.7 Å². The Kier molecular flexibility index (Phi) is 10.3. The lowest BCUT2D eigenvalue weighted by Gasteiger charge is -2.32. The molecule has 1 unspecified atom stereocenters. The van der Waals surface area contributed by atoms with Crippen LogP contribution in [0.25, 0.3) is 0 Å². The van der Waals surface area contributed by atoms with Crippen molar-refractivity contribution in [3.8, 4) is 17.2 Å². The Labute approximate surface area is 250 Å². The highest BCUT2D eigenvalue weighted by Crippen LogP contribution is 2.48. The van der Waals surface area contributed by atoms with Crippen LogP contribution in [-0.4, -0.2) is 63.5 Å². The van der Waals surface area contributed by atoms with E-state index in [-0.39, 0.29) is 41.6 Å². The van der Waals surface area contributed by atoms with Crippen LogP contribution in [0.3, 0.4) is 0 Å². The molecule has 9 nitrogen and oxygen atoms in total. The average molecular weight is 637 g/mol. The number of hydrogen-bond acceptors (Lipinski definition) is 8. The van der Waals surface area contributed by atoms with Crippen molar-refractivity contribution >= 4 is 28.4 Å². The normalized spacial score (nSPS) is 19.0. The van der Waals surface area contributed by atoms with Gasteiger partial charge < -0.3 is 24.4 Å². The smallest absolute Gasteiger partial charge is 0.422 e. The number of nitrogens with one attached hydrogen (secondary N) is 1. The Balaban J connectivity index is 1.98. The van der Waals surface area contributed by atoms with E-state index in [4.69, 9.17) is 25.8 Å². The van der Waals surface area contributed by atoms with Crippen LogP contribution < -0.4 is 18.9 Å². The fourth-order valence-electron chi connectivity index (χ4n) is 4.50. The highest BCUT2D eigenvalue weighted by atomic mass is 35.5. The third-order valence-corrected chi connectivity index (χ3v) is 9.03. The minimum atomic E-state index is -5.24. The largest absolute Gasteiger partial charge is 0.496 e. The number of aliphatic hydroxyl groups is 2. The van der Waals surface area contributed by atoms with E-state index in [2.05, 4.69) is 9.71 Å². The predicted molar refractivity (Wildman–Crippen MR) is 152 cm³/mol. The summed E-state index contributed by atoms with van der Waals surface area (Å²) in [5, 5.41) is 19.9. The Bertz CT molecular complexity index is 1330. The van der Waals surface area contributed by atoms with Gasteiger partial charge in [0.05, 0.1) is 41.2 Å². The second-order valence-electron chi connectivity index (χ2n) is 11.2. The molecule has 1 aliphatic heterocycles. The number of ether oxygens (including phenoxy) is 3. The van der Waals surface area contributed by atoms with Crippen molar-refractivity contribution < 1.29 is 46.6 Å². The van der Waals surface area contributed by atoms with Crippen molar-refractivity contribution in [2.24, 2.45) is 0 Å². The van der Waals surface area contributed by atoms with Crippen molar-refractivity contribution in [2.45, 2.75) is 75.4 Å². The lowest BCUT2D eigenvalue weighted by atomic mass is 9.87. The second-order valence-corrected chi connectivity index (χ2v) is 13.6. The minimum absolute atomic E-state index is 0.0161. The van der Waals surface area contributed by atoms with Gasteiger partial charge in [-0.25, -0.2) is 13.9 Å². The molecule has 0 radical (unpaired) electrons. The summed E-state index contributed by atoms with van der Waals surface area (Å²) in [6.07, 6.45) is -6.22. The number of rotatable bonds is 12. The zero-order valence-corrected chi connectivity index (χ0v) is 25.9. The molecule has 3 atom stereocenters. The fraction of sp³-hybridized carbons (Fsp3) is 0.571. The van der Waals surface area contributed by atoms with Crippen molar-refractivity contribution in [1.82, 2.24) is 9.71 Å². The second kappa shape index (κ2) is 12.7. The van der Waals surface area contributed by atoms with Crippen LogP contribution >= 0.6 is 11.6 Å². The van der Waals surface area contributed by atoms with E-state index >= 15 is 0 Å². The van der Waals surface area contributed by atoms with Crippen LogP contribution in [0.2, 0.25) is 5.15 Å². The van der Waals surface area contributed by atoms with Gasteiger partial charge in [-0.1, -0.05) is 11.6 Å². The van der Waals surface area contributed by atoms with E-state index < -0.39 is 62.5 Å². The highest BCUT2D eigenvalue weighted by molar-refractivity contribution is 7.84. The number of carbonyl (C=O) groups is 1. The van der Waals surface area contributed by atoms with Crippen LogP contribution in [0.4, 0.5) is 13.2 Å². The first kappa shape index (κ1) is 34.0. The Morgan fingerprint density at radius 2 is 1.79 bits per heavy atom. The number of alkyl halides is 3. The molecule has 42 heavy (non-hydrogen) atoms. The van der Waals surface area contributed by atoms with Gasteiger partial charge in [-0.3, -0.25) is 4.79 Å². The summed E-state index contributed by atoms with van der Waals surface area (Å²) >= 11 is 6.23.